The van der Waals surface area contributed by atoms with Gasteiger partial charge in [-0.05, 0) is 48.9 Å². The van der Waals surface area contributed by atoms with Gasteiger partial charge in [0.15, 0.2) is 0 Å². The molecule has 0 aliphatic heterocycles. The molecular weight excluding hydrogens is 276 g/mol. The van der Waals surface area contributed by atoms with Crippen molar-refractivity contribution in [3.05, 3.63) is 36.0 Å². The monoisotopic (exact) mass is 304 g/mol. The van der Waals surface area contributed by atoms with Crippen molar-refractivity contribution in [3.8, 4) is 0 Å². The lowest BCUT2D eigenvalue weighted by atomic mass is 9.58. The number of aliphatic hydroxyl groups excluding tert-OH is 1. The Labute approximate surface area is 133 Å². The van der Waals surface area contributed by atoms with Crippen molar-refractivity contribution in [2.45, 2.75) is 40.2 Å². The van der Waals surface area contributed by atoms with E-state index in [1.165, 1.54) is 0 Å². The van der Waals surface area contributed by atoms with Crippen LogP contribution in [0.4, 0.5) is 0 Å². The smallest absolute Gasteiger partial charge is 0.331 e. The molecular formula is C19H28O3. The topological polar surface area (TPSA) is 57.5 Å². The van der Waals surface area contributed by atoms with E-state index in [4.69, 9.17) is 5.11 Å². The van der Waals surface area contributed by atoms with E-state index in [9.17, 15) is 9.90 Å². The molecule has 2 aliphatic rings. The van der Waals surface area contributed by atoms with E-state index in [1.54, 1.807) is 13.0 Å². The van der Waals surface area contributed by atoms with Crippen molar-refractivity contribution >= 4 is 5.97 Å². The zero-order valence-electron chi connectivity index (χ0n) is 13.9. The van der Waals surface area contributed by atoms with Gasteiger partial charge in [0.2, 0.25) is 0 Å². The first-order valence-electron chi connectivity index (χ1n) is 8.27. The molecule has 0 spiro atoms. The standard InChI is InChI=1S/C19H28O3/c1-11-8-9-15-10-13(3)18(20)14(4)17(15)16(11)7-5-6-12(2)19(21)22/h5-9,11,13-18,20H,10H2,1-4H3,(H,21,22)/b7-5-,12-6+/t11-,13+,14-,15-,16-,17+,18-/m0/s1. The molecule has 2 N–H and O–H groups in total. The molecule has 22 heavy (non-hydrogen) atoms. The van der Waals surface area contributed by atoms with Crippen molar-refractivity contribution < 1.29 is 15.0 Å². The van der Waals surface area contributed by atoms with Crippen LogP contribution in [0, 0.1) is 35.5 Å². The molecule has 3 nitrogen and oxygen atoms in total. The third-order valence-electron chi connectivity index (χ3n) is 5.60. The molecule has 0 amide bonds. The fraction of sp³-hybridized carbons (Fsp3) is 0.632. The second kappa shape index (κ2) is 6.82. The highest BCUT2D eigenvalue weighted by molar-refractivity contribution is 5.86. The van der Waals surface area contributed by atoms with Crippen molar-refractivity contribution in [3.63, 3.8) is 0 Å². The summed E-state index contributed by atoms with van der Waals surface area (Å²) in [6.07, 6.45) is 11.1. The van der Waals surface area contributed by atoms with Crippen LogP contribution in [0.2, 0.25) is 0 Å². The molecule has 0 bridgehead atoms. The van der Waals surface area contributed by atoms with Crippen molar-refractivity contribution in [1.82, 2.24) is 0 Å². The Morgan fingerprint density at radius 1 is 1.23 bits per heavy atom. The van der Waals surface area contributed by atoms with Gasteiger partial charge in [-0.15, -0.1) is 0 Å². The number of hydrogen-bond donors (Lipinski definition) is 2. The largest absolute Gasteiger partial charge is 0.478 e. The lowest BCUT2D eigenvalue weighted by Gasteiger charge is -2.48. The Morgan fingerprint density at radius 3 is 2.55 bits per heavy atom. The number of rotatable bonds is 3. The normalized spacial score (nSPS) is 42.4. The molecule has 0 saturated heterocycles. The van der Waals surface area contributed by atoms with Crippen LogP contribution >= 0.6 is 0 Å². The summed E-state index contributed by atoms with van der Waals surface area (Å²) in [5.41, 5.74) is 0.345. The Bertz CT molecular complexity index is 503. The molecule has 2 rings (SSSR count). The molecule has 1 saturated carbocycles. The van der Waals surface area contributed by atoms with E-state index in [-0.39, 0.29) is 12.0 Å². The number of hydrogen-bond acceptors (Lipinski definition) is 2. The van der Waals surface area contributed by atoms with Crippen molar-refractivity contribution in [1.29, 1.82) is 0 Å². The van der Waals surface area contributed by atoms with Gasteiger partial charge in [0.1, 0.15) is 0 Å². The molecule has 1 fully saturated rings. The lowest BCUT2D eigenvalue weighted by molar-refractivity contribution is -0.132. The van der Waals surface area contributed by atoms with E-state index in [0.29, 0.717) is 35.2 Å². The minimum Gasteiger partial charge on any atom is -0.478 e. The minimum atomic E-state index is -0.880. The highest BCUT2D eigenvalue weighted by atomic mass is 16.4. The maximum absolute atomic E-state index is 10.9. The molecule has 2 aliphatic carbocycles. The fourth-order valence-electron chi connectivity index (χ4n) is 4.20. The Morgan fingerprint density at radius 2 is 1.91 bits per heavy atom. The van der Waals surface area contributed by atoms with Crippen LogP contribution in [0.1, 0.15) is 34.1 Å². The second-order valence-electron chi connectivity index (χ2n) is 7.16. The third kappa shape index (κ3) is 3.35. The molecule has 122 valence electrons. The Balaban J connectivity index is 2.22. The SMILES string of the molecule is C/C(=C\C=C/[C@@H]1[C@@H]2[C@H](C)[C@@H](O)[C@H](C)C[C@@H]2C=C[C@@H]1C)C(=O)O. The number of carboxylic acids is 1. The first kappa shape index (κ1) is 17.0. The summed E-state index contributed by atoms with van der Waals surface area (Å²) < 4.78 is 0. The average molecular weight is 304 g/mol. The van der Waals surface area contributed by atoms with Crippen LogP contribution in [-0.2, 0) is 4.79 Å². The third-order valence-corrected chi connectivity index (χ3v) is 5.60. The summed E-state index contributed by atoms with van der Waals surface area (Å²) in [5, 5.41) is 19.4. The van der Waals surface area contributed by atoms with Crippen molar-refractivity contribution in [2.75, 3.05) is 0 Å². The molecule has 0 aromatic carbocycles. The van der Waals surface area contributed by atoms with Gasteiger partial charge in [-0.25, -0.2) is 4.79 Å². The first-order chi connectivity index (χ1) is 10.3. The number of carboxylic acid groups (broad SMARTS) is 1. The summed E-state index contributed by atoms with van der Waals surface area (Å²) in [4.78, 5) is 10.9. The summed E-state index contributed by atoms with van der Waals surface area (Å²) in [7, 11) is 0. The van der Waals surface area contributed by atoms with Crippen LogP contribution in [0.15, 0.2) is 36.0 Å². The van der Waals surface area contributed by atoms with Crippen LogP contribution in [0.25, 0.3) is 0 Å². The number of aliphatic hydroxyl groups is 1. The summed E-state index contributed by atoms with van der Waals surface area (Å²) >= 11 is 0. The van der Waals surface area contributed by atoms with Gasteiger partial charge >= 0.3 is 5.97 Å². The van der Waals surface area contributed by atoms with Gasteiger partial charge in [0.25, 0.3) is 0 Å². The number of aliphatic carboxylic acids is 1. The van der Waals surface area contributed by atoms with Crippen LogP contribution in [-0.4, -0.2) is 22.3 Å². The fourth-order valence-corrected chi connectivity index (χ4v) is 4.20. The van der Waals surface area contributed by atoms with Crippen LogP contribution in [0.3, 0.4) is 0 Å². The first-order valence-corrected chi connectivity index (χ1v) is 8.27. The molecule has 0 heterocycles. The molecule has 0 radical (unpaired) electrons. The zero-order chi connectivity index (χ0) is 16.4. The van der Waals surface area contributed by atoms with E-state index in [2.05, 4.69) is 39.0 Å². The lowest BCUT2D eigenvalue weighted by Crippen LogP contribution is -2.46. The second-order valence-corrected chi connectivity index (χ2v) is 7.16. The highest BCUT2D eigenvalue weighted by Crippen LogP contribution is 2.48. The predicted molar refractivity (Wildman–Crippen MR) is 88.3 cm³/mol. The van der Waals surface area contributed by atoms with Gasteiger partial charge in [-0.3, -0.25) is 0 Å². The van der Waals surface area contributed by atoms with E-state index in [0.717, 1.165) is 6.42 Å². The van der Waals surface area contributed by atoms with E-state index >= 15 is 0 Å². The van der Waals surface area contributed by atoms with Gasteiger partial charge in [0, 0.05) is 5.57 Å². The maximum atomic E-state index is 10.9. The predicted octanol–water partition coefficient (Wildman–Crippen LogP) is 3.66. The van der Waals surface area contributed by atoms with E-state index in [1.807, 2.05) is 6.08 Å². The van der Waals surface area contributed by atoms with Crippen LogP contribution < -0.4 is 0 Å². The summed E-state index contributed by atoms with van der Waals surface area (Å²) in [6.45, 7) is 8.09. The average Bonchev–Trinajstić information content (AvgIpc) is 2.47. The molecule has 0 aromatic rings. The van der Waals surface area contributed by atoms with Crippen molar-refractivity contribution in [2.24, 2.45) is 35.5 Å². The minimum absolute atomic E-state index is 0.243. The number of carbonyl (C=O) groups is 1. The maximum Gasteiger partial charge on any atom is 0.331 e. The van der Waals surface area contributed by atoms with Gasteiger partial charge in [-0.1, -0.05) is 51.2 Å². The number of allylic oxidation sites excluding steroid dienone is 5. The summed E-state index contributed by atoms with van der Waals surface area (Å²) in [6, 6.07) is 0. The Hall–Kier alpha value is -1.35. The van der Waals surface area contributed by atoms with Gasteiger partial charge in [0.05, 0.1) is 6.10 Å². The molecule has 3 heteroatoms. The highest BCUT2D eigenvalue weighted by Gasteiger charge is 2.44. The molecule has 7 atom stereocenters. The van der Waals surface area contributed by atoms with Gasteiger partial charge < -0.3 is 10.2 Å². The van der Waals surface area contributed by atoms with Gasteiger partial charge in [-0.2, -0.15) is 0 Å². The van der Waals surface area contributed by atoms with E-state index < -0.39 is 5.97 Å². The summed E-state index contributed by atoms with van der Waals surface area (Å²) in [5.74, 6) is 1.44. The quantitative estimate of drug-likeness (QED) is 0.475. The molecule has 0 aromatic heterocycles. The molecule has 0 unspecified atom stereocenters. The Kier molecular flexibility index (Phi) is 5.28. The van der Waals surface area contributed by atoms with Crippen LogP contribution in [0.5, 0.6) is 0 Å². The number of fused-ring (bicyclic) bond motifs is 1. The zero-order valence-corrected chi connectivity index (χ0v) is 13.9.